The summed E-state index contributed by atoms with van der Waals surface area (Å²) in [6, 6.07) is 4.76. The Hall–Kier alpha value is -1.75. The normalized spacial score (nSPS) is 13.6. The Bertz CT molecular complexity index is 423. The van der Waals surface area contributed by atoms with Gasteiger partial charge in [0.05, 0.1) is 19.1 Å². The van der Waals surface area contributed by atoms with Crippen LogP contribution in [0.5, 0.6) is 11.5 Å². The van der Waals surface area contributed by atoms with Gasteiger partial charge >= 0.3 is 5.97 Å². The van der Waals surface area contributed by atoms with Crippen LogP contribution in [0, 0.1) is 5.92 Å². The molecule has 0 aliphatic rings. The van der Waals surface area contributed by atoms with Gasteiger partial charge in [0.2, 0.25) is 0 Å². The molecular formula is C15H23NO4. The summed E-state index contributed by atoms with van der Waals surface area (Å²) >= 11 is 0. The molecule has 2 atom stereocenters. The van der Waals surface area contributed by atoms with Crippen LogP contribution in [0.4, 0.5) is 0 Å². The van der Waals surface area contributed by atoms with Crippen molar-refractivity contribution in [3.63, 3.8) is 0 Å². The Kier molecular flexibility index (Phi) is 6.31. The van der Waals surface area contributed by atoms with E-state index in [0.29, 0.717) is 36.7 Å². The smallest absolute Gasteiger partial charge is 0.308 e. The Morgan fingerprint density at radius 3 is 2.00 bits per heavy atom. The second-order valence-corrected chi connectivity index (χ2v) is 4.48. The Labute approximate surface area is 119 Å². The van der Waals surface area contributed by atoms with E-state index in [1.807, 2.05) is 20.8 Å². The molecule has 112 valence electrons. The summed E-state index contributed by atoms with van der Waals surface area (Å²) in [5.74, 6) is -0.227. The van der Waals surface area contributed by atoms with Gasteiger partial charge in [0.15, 0.2) is 0 Å². The fraction of sp³-hybridized carbons (Fsp3) is 0.533. The largest absolute Gasteiger partial charge is 0.494 e. The molecule has 0 saturated carbocycles. The molecule has 1 aromatic carbocycles. The average Bonchev–Trinajstić information content (AvgIpc) is 2.39. The second kappa shape index (κ2) is 7.75. The number of nitrogens with two attached hydrogens (primary N) is 1. The highest BCUT2D eigenvalue weighted by Crippen LogP contribution is 2.30. The summed E-state index contributed by atoms with van der Waals surface area (Å²) < 4.78 is 10.9. The van der Waals surface area contributed by atoms with Gasteiger partial charge in [-0.15, -0.1) is 0 Å². The van der Waals surface area contributed by atoms with Crippen molar-refractivity contribution in [1.82, 2.24) is 0 Å². The van der Waals surface area contributed by atoms with Gasteiger partial charge in [0.25, 0.3) is 0 Å². The molecule has 5 nitrogen and oxygen atoms in total. The predicted molar refractivity (Wildman–Crippen MR) is 77.1 cm³/mol. The Balaban J connectivity index is 3.10. The van der Waals surface area contributed by atoms with Crippen LogP contribution in [0.25, 0.3) is 0 Å². The molecule has 0 spiro atoms. The van der Waals surface area contributed by atoms with E-state index in [2.05, 4.69) is 0 Å². The standard InChI is InChI=1S/C15H23NO4/c1-4-13(15(17)18)14(16)10-7-11(19-5-2)9-12(8-10)20-6-3/h7-9,13-14H,4-6,16H2,1-3H3,(H,17,18). The Morgan fingerprint density at radius 2 is 1.65 bits per heavy atom. The first-order valence-corrected chi connectivity index (χ1v) is 6.92. The van der Waals surface area contributed by atoms with Crippen molar-refractivity contribution in [3.8, 4) is 11.5 Å². The highest BCUT2D eigenvalue weighted by Gasteiger charge is 2.25. The molecule has 1 rings (SSSR count). The van der Waals surface area contributed by atoms with Crippen LogP contribution >= 0.6 is 0 Å². The lowest BCUT2D eigenvalue weighted by Gasteiger charge is -2.20. The first-order valence-electron chi connectivity index (χ1n) is 6.92. The van der Waals surface area contributed by atoms with E-state index < -0.39 is 17.9 Å². The van der Waals surface area contributed by atoms with Crippen LogP contribution in [0.1, 0.15) is 38.8 Å². The molecule has 2 unspecified atom stereocenters. The molecule has 0 saturated heterocycles. The van der Waals surface area contributed by atoms with E-state index >= 15 is 0 Å². The summed E-state index contributed by atoms with van der Waals surface area (Å²) in [5, 5.41) is 9.21. The third-order valence-electron chi connectivity index (χ3n) is 3.10. The zero-order valence-electron chi connectivity index (χ0n) is 12.3. The first-order chi connectivity index (χ1) is 9.53. The lowest BCUT2D eigenvalue weighted by molar-refractivity contribution is -0.142. The maximum atomic E-state index is 11.2. The third-order valence-corrected chi connectivity index (χ3v) is 3.10. The number of hydrogen-bond donors (Lipinski definition) is 2. The van der Waals surface area contributed by atoms with E-state index in [1.165, 1.54) is 0 Å². The van der Waals surface area contributed by atoms with Gasteiger partial charge in [-0.1, -0.05) is 6.92 Å². The number of carbonyl (C=O) groups is 1. The van der Waals surface area contributed by atoms with Gasteiger partial charge < -0.3 is 20.3 Å². The highest BCUT2D eigenvalue weighted by molar-refractivity contribution is 5.71. The number of carboxylic acid groups (broad SMARTS) is 1. The molecule has 0 aromatic heterocycles. The van der Waals surface area contributed by atoms with Gasteiger partial charge in [0, 0.05) is 12.1 Å². The maximum absolute atomic E-state index is 11.2. The predicted octanol–water partition coefficient (Wildman–Crippen LogP) is 2.59. The molecule has 0 heterocycles. The number of aliphatic carboxylic acids is 1. The molecule has 0 radical (unpaired) electrons. The fourth-order valence-corrected chi connectivity index (χ4v) is 2.10. The summed E-state index contributed by atoms with van der Waals surface area (Å²) in [6.45, 7) is 6.65. The average molecular weight is 281 g/mol. The number of hydrogen-bond acceptors (Lipinski definition) is 4. The zero-order valence-corrected chi connectivity index (χ0v) is 12.3. The van der Waals surface area contributed by atoms with Crippen LogP contribution in [-0.4, -0.2) is 24.3 Å². The van der Waals surface area contributed by atoms with Crippen LogP contribution < -0.4 is 15.2 Å². The van der Waals surface area contributed by atoms with E-state index in [-0.39, 0.29) is 0 Å². The fourth-order valence-electron chi connectivity index (χ4n) is 2.10. The van der Waals surface area contributed by atoms with Crippen LogP contribution in [0.15, 0.2) is 18.2 Å². The van der Waals surface area contributed by atoms with Crippen molar-refractivity contribution in [2.45, 2.75) is 33.2 Å². The van der Waals surface area contributed by atoms with Crippen molar-refractivity contribution in [2.75, 3.05) is 13.2 Å². The quantitative estimate of drug-likeness (QED) is 0.765. The molecule has 0 aliphatic carbocycles. The van der Waals surface area contributed by atoms with E-state index in [1.54, 1.807) is 18.2 Å². The Morgan fingerprint density at radius 1 is 1.15 bits per heavy atom. The summed E-state index contributed by atoms with van der Waals surface area (Å²) in [5.41, 5.74) is 6.81. The molecule has 1 aromatic rings. The number of benzene rings is 1. The highest BCUT2D eigenvalue weighted by atomic mass is 16.5. The zero-order chi connectivity index (χ0) is 15.1. The molecule has 3 N–H and O–H groups in total. The lowest BCUT2D eigenvalue weighted by Crippen LogP contribution is -2.27. The second-order valence-electron chi connectivity index (χ2n) is 4.48. The number of ether oxygens (including phenoxy) is 2. The van der Waals surface area contributed by atoms with Crippen LogP contribution in [0.3, 0.4) is 0 Å². The number of carboxylic acids is 1. The summed E-state index contributed by atoms with van der Waals surface area (Å²) in [7, 11) is 0. The van der Waals surface area contributed by atoms with Gasteiger partial charge in [-0.2, -0.15) is 0 Å². The minimum absolute atomic E-state index is 0.472. The molecule has 5 heteroatoms. The van der Waals surface area contributed by atoms with Crippen LogP contribution in [-0.2, 0) is 4.79 Å². The van der Waals surface area contributed by atoms with Crippen molar-refractivity contribution < 1.29 is 19.4 Å². The van der Waals surface area contributed by atoms with Gasteiger partial charge in [-0.05, 0) is 38.0 Å². The third kappa shape index (κ3) is 4.13. The maximum Gasteiger partial charge on any atom is 0.308 e. The van der Waals surface area contributed by atoms with Gasteiger partial charge in [-0.3, -0.25) is 4.79 Å². The molecular weight excluding hydrogens is 258 g/mol. The molecule has 20 heavy (non-hydrogen) atoms. The van der Waals surface area contributed by atoms with Crippen molar-refractivity contribution in [2.24, 2.45) is 11.7 Å². The molecule has 0 aliphatic heterocycles. The van der Waals surface area contributed by atoms with Crippen LogP contribution in [0.2, 0.25) is 0 Å². The molecule has 0 bridgehead atoms. The summed E-state index contributed by atoms with van der Waals surface area (Å²) in [6.07, 6.45) is 0.472. The first kappa shape index (κ1) is 16.3. The van der Waals surface area contributed by atoms with Crippen molar-refractivity contribution in [3.05, 3.63) is 23.8 Å². The molecule has 0 fully saturated rings. The lowest BCUT2D eigenvalue weighted by atomic mass is 9.91. The van der Waals surface area contributed by atoms with E-state index in [0.717, 1.165) is 0 Å². The molecule has 0 amide bonds. The SMILES string of the molecule is CCOc1cc(OCC)cc(C(N)C(CC)C(=O)O)c1. The van der Waals surface area contributed by atoms with Gasteiger partial charge in [0.1, 0.15) is 11.5 Å². The number of rotatable bonds is 8. The minimum atomic E-state index is -0.889. The minimum Gasteiger partial charge on any atom is -0.494 e. The van der Waals surface area contributed by atoms with Gasteiger partial charge in [-0.25, -0.2) is 0 Å². The van der Waals surface area contributed by atoms with E-state index in [4.69, 9.17) is 15.2 Å². The van der Waals surface area contributed by atoms with E-state index in [9.17, 15) is 9.90 Å². The van der Waals surface area contributed by atoms with Crippen molar-refractivity contribution >= 4 is 5.97 Å². The summed E-state index contributed by atoms with van der Waals surface area (Å²) in [4.78, 5) is 11.2. The van der Waals surface area contributed by atoms with Crippen molar-refractivity contribution in [1.29, 1.82) is 0 Å². The topological polar surface area (TPSA) is 81.8 Å². The monoisotopic (exact) mass is 281 g/mol.